The molecular weight excluding hydrogens is 585 g/mol. The number of amides is 1. The van der Waals surface area contributed by atoms with Gasteiger partial charge in [0.15, 0.2) is 5.88 Å². The first kappa shape index (κ1) is 38.7. The second-order valence-corrected chi connectivity index (χ2v) is 14.5. The van der Waals surface area contributed by atoms with Crippen LogP contribution in [0.1, 0.15) is 98.1 Å². The SMILES string of the molecule is C=C(NC(C(=O)NC(CSC/C=C(\C)CC/C=C(\C)CCC=C(C)C)C(=C)C)C(c1ccccc1)c1ccccc1)OC(C)(C)C. The molecule has 5 heteroatoms. The summed E-state index contributed by atoms with van der Waals surface area (Å²) >= 11 is 1.81. The molecule has 0 bridgehead atoms. The molecule has 0 aromatic heterocycles. The standard InChI is InChI=1S/C41H58N2O2S/c1-30(2)19-17-20-32(5)21-18-22-33(6)27-28-46-29-37(31(3)4)43-40(44)39(42-34(7)45-41(8,9)10)38(35-23-13-11-14-24-35)36-25-15-12-16-26-36/h11-16,19,21,23-27,37-39,42H,3,7,17-18,20,22,28-29H2,1-2,4-6,8-10H3,(H,43,44)/b32-21+,33-27+. The molecular formula is C41H58N2O2S. The molecule has 0 saturated heterocycles. The van der Waals surface area contributed by atoms with Gasteiger partial charge >= 0.3 is 0 Å². The predicted octanol–water partition coefficient (Wildman–Crippen LogP) is 10.3. The van der Waals surface area contributed by atoms with Gasteiger partial charge in [-0.2, -0.15) is 11.8 Å². The molecule has 0 saturated carbocycles. The molecule has 0 radical (unpaired) electrons. The molecule has 0 aliphatic rings. The van der Waals surface area contributed by atoms with Crippen molar-refractivity contribution in [1.29, 1.82) is 0 Å². The van der Waals surface area contributed by atoms with E-state index >= 15 is 0 Å². The van der Waals surface area contributed by atoms with E-state index < -0.39 is 11.6 Å². The quantitative estimate of drug-likeness (QED) is 0.0910. The summed E-state index contributed by atoms with van der Waals surface area (Å²) in [6.45, 7) is 25.0. The first-order valence-corrected chi connectivity index (χ1v) is 17.6. The average Bonchev–Trinajstić information content (AvgIpc) is 2.98. The molecule has 4 nitrogen and oxygen atoms in total. The smallest absolute Gasteiger partial charge is 0.244 e. The maximum absolute atomic E-state index is 14.2. The maximum Gasteiger partial charge on any atom is 0.244 e. The van der Waals surface area contributed by atoms with Gasteiger partial charge in [-0.05, 0) is 98.8 Å². The van der Waals surface area contributed by atoms with E-state index in [0.717, 1.165) is 53.9 Å². The highest BCUT2D eigenvalue weighted by molar-refractivity contribution is 7.99. The molecule has 2 atom stereocenters. The summed E-state index contributed by atoms with van der Waals surface area (Å²) < 4.78 is 6.04. The lowest BCUT2D eigenvalue weighted by Gasteiger charge is -2.33. The van der Waals surface area contributed by atoms with Gasteiger partial charge in [0.05, 0.1) is 6.04 Å². The van der Waals surface area contributed by atoms with Crippen LogP contribution in [0.2, 0.25) is 0 Å². The van der Waals surface area contributed by atoms with Crippen molar-refractivity contribution in [1.82, 2.24) is 10.6 Å². The van der Waals surface area contributed by atoms with Crippen molar-refractivity contribution in [2.24, 2.45) is 0 Å². The largest absolute Gasteiger partial charge is 0.474 e. The van der Waals surface area contributed by atoms with E-state index in [-0.39, 0.29) is 17.9 Å². The third-order valence-corrected chi connectivity index (χ3v) is 8.52. The van der Waals surface area contributed by atoms with Crippen LogP contribution in [-0.2, 0) is 9.53 Å². The third kappa shape index (κ3) is 15.2. The van der Waals surface area contributed by atoms with E-state index in [1.54, 1.807) is 0 Å². The molecule has 0 fully saturated rings. The van der Waals surface area contributed by atoms with Crippen LogP contribution in [-0.4, -0.2) is 35.1 Å². The van der Waals surface area contributed by atoms with Gasteiger partial charge in [-0.15, -0.1) is 0 Å². The minimum atomic E-state index is -0.660. The van der Waals surface area contributed by atoms with Crippen LogP contribution in [0.3, 0.4) is 0 Å². The van der Waals surface area contributed by atoms with Crippen molar-refractivity contribution < 1.29 is 9.53 Å². The van der Waals surface area contributed by atoms with Crippen molar-refractivity contribution in [3.8, 4) is 0 Å². The minimum absolute atomic E-state index is 0.122. The van der Waals surface area contributed by atoms with Crippen LogP contribution in [0.15, 0.2) is 120 Å². The minimum Gasteiger partial charge on any atom is -0.474 e. The number of hydrogen-bond acceptors (Lipinski definition) is 4. The lowest BCUT2D eigenvalue weighted by atomic mass is 9.84. The summed E-state index contributed by atoms with van der Waals surface area (Å²) in [4.78, 5) is 14.2. The monoisotopic (exact) mass is 642 g/mol. The lowest BCUT2D eigenvalue weighted by Crippen LogP contribution is -2.52. The average molecular weight is 643 g/mol. The van der Waals surface area contributed by atoms with E-state index in [2.05, 4.69) is 94.0 Å². The molecule has 2 aromatic rings. The number of benzene rings is 2. The van der Waals surface area contributed by atoms with E-state index in [1.807, 2.05) is 75.9 Å². The summed E-state index contributed by atoms with van der Waals surface area (Å²) in [5, 5.41) is 6.67. The van der Waals surface area contributed by atoms with Crippen LogP contribution >= 0.6 is 11.8 Å². The fourth-order valence-corrected chi connectivity index (χ4v) is 6.21. The van der Waals surface area contributed by atoms with Crippen LogP contribution in [0, 0.1) is 0 Å². The predicted molar refractivity (Wildman–Crippen MR) is 201 cm³/mol. The summed E-state index contributed by atoms with van der Waals surface area (Å²) in [5.41, 5.74) is 6.77. The highest BCUT2D eigenvalue weighted by atomic mass is 32.2. The Balaban J connectivity index is 2.14. The van der Waals surface area contributed by atoms with Gasteiger partial charge in [-0.3, -0.25) is 4.79 Å². The highest BCUT2D eigenvalue weighted by Gasteiger charge is 2.33. The Labute approximate surface area is 284 Å². The zero-order chi connectivity index (χ0) is 34.1. The topological polar surface area (TPSA) is 50.4 Å². The molecule has 0 heterocycles. The van der Waals surface area contributed by atoms with Gasteiger partial charge in [0.1, 0.15) is 11.6 Å². The highest BCUT2D eigenvalue weighted by Crippen LogP contribution is 2.30. The summed E-state index contributed by atoms with van der Waals surface area (Å²) in [6.07, 6.45) is 11.4. The lowest BCUT2D eigenvalue weighted by molar-refractivity contribution is -0.124. The Kier molecular flexibility index (Phi) is 16.8. The molecule has 2 aromatic carbocycles. The normalized spacial score (nSPS) is 13.5. The summed E-state index contributed by atoms with van der Waals surface area (Å²) in [7, 11) is 0. The van der Waals surface area contributed by atoms with Crippen molar-refractivity contribution >= 4 is 17.7 Å². The molecule has 1 amide bonds. The number of nitrogens with one attached hydrogen (secondary N) is 2. The van der Waals surface area contributed by atoms with Gasteiger partial charge in [0.25, 0.3) is 0 Å². The third-order valence-electron chi connectivity index (χ3n) is 7.55. The number of carbonyl (C=O) groups excluding carboxylic acids is 1. The number of thioether (sulfide) groups is 1. The molecule has 2 rings (SSSR count). The van der Waals surface area contributed by atoms with Crippen LogP contribution in [0.25, 0.3) is 0 Å². The Morgan fingerprint density at radius 2 is 1.33 bits per heavy atom. The fraction of sp³-hybridized carbons (Fsp3) is 0.439. The molecule has 46 heavy (non-hydrogen) atoms. The summed E-state index contributed by atoms with van der Waals surface area (Å²) in [6, 6.07) is 19.4. The van der Waals surface area contributed by atoms with Gasteiger partial charge in [0, 0.05) is 17.4 Å². The molecule has 250 valence electrons. The fourth-order valence-electron chi connectivity index (χ4n) is 5.07. The Hall–Kier alpha value is -3.44. The number of rotatable bonds is 19. The van der Waals surface area contributed by atoms with Crippen molar-refractivity contribution in [2.75, 3.05) is 11.5 Å². The second kappa shape index (κ2) is 19.9. The number of hydrogen-bond donors (Lipinski definition) is 2. The van der Waals surface area contributed by atoms with Crippen LogP contribution in [0.4, 0.5) is 0 Å². The zero-order valence-corrected chi connectivity index (χ0v) is 30.4. The molecule has 0 aliphatic heterocycles. The molecule has 0 spiro atoms. The van der Waals surface area contributed by atoms with Crippen LogP contribution < -0.4 is 10.6 Å². The molecule has 2 unspecified atom stereocenters. The first-order chi connectivity index (χ1) is 21.8. The van der Waals surface area contributed by atoms with Gasteiger partial charge in [-0.1, -0.05) is 108 Å². The number of ether oxygens (including phenoxy) is 1. The van der Waals surface area contributed by atoms with E-state index in [4.69, 9.17) is 4.74 Å². The molecule has 0 aliphatic carbocycles. The van der Waals surface area contributed by atoms with Crippen LogP contribution in [0.5, 0.6) is 0 Å². The van der Waals surface area contributed by atoms with Crippen molar-refractivity contribution in [3.63, 3.8) is 0 Å². The molecule has 2 N–H and O–H groups in total. The van der Waals surface area contributed by atoms with Gasteiger partial charge in [0.2, 0.25) is 5.91 Å². The van der Waals surface area contributed by atoms with E-state index in [9.17, 15) is 4.79 Å². The van der Waals surface area contributed by atoms with Gasteiger partial charge < -0.3 is 15.4 Å². The van der Waals surface area contributed by atoms with E-state index in [1.165, 1.54) is 16.7 Å². The Morgan fingerprint density at radius 3 is 1.83 bits per heavy atom. The summed E-state index contributed by atoms with van der Waals surface area (Å²) in [5.74, 6) is 1.61. The number of allylic oxidation sites excluding steroid dienone is 5. The first-order valence-electron chi connectivity index (χ1n) is 16.5. The van der Waals surface area contributed by atoms with Gasteiger partial charge in [-0.25, -0.2) is 0 Å². The second-order valence-electron chi connectivity index (χ2n) is 13.5. The van der Waals surface area contributed by atoms with E-state index in [0.29, 0.717) is 5.88 Å². The maximum atomic E-state index is 14.2. The number of carbonyl (C=O) groups is 1. The van der Waals surface area contributed by atoms with Crippen molar-refractivity contribution in [2.45, 2.75) is 105 Å². The van der Waals surface area contributed by atoms with Crippen molar-refractivity contribution in [3.05, 3.63) is 131 Å². The Bertz CT molecular complexity index is 1290. The zero-order valence-electron chi connectivity index (χ0n) is 29.6. The Morgan fingerprint density at radius 1 is 0.804 bits per heavy atom.